The summed E-state index contributed by atoms with van der Waals surface area (Å²) in [7, 11) is 0. The molecule has 1 atom stereocenters. The van der Waals surface area contributed by atoms with E-state index in [9.17, 15) is 0 Å². The molecule has 0 bridgehead atoms. The summed E-state index contributed by atoms with van der Waals surface area (Å²) >= 11 is 0. The number of dihydropyridines is 1. The first-order valence-corrected chi connectivity index (χ1v) is 5.95. The minimum atomic E-state index is 0.300. The van der Waals surface area contributed by atoms with Crippen molar-refractivity contribution in [2.75, 3.05) is 13.1 Å². The average molecular weight is 206 g/mol. The maximum atomic E-state index is 3.69. The lowest BCUT2D eigenvalue weighted by atomic mass is 9.84. The van der Waals surface area contributed by atoms with Gasteiger partial charge in [-0.25, -0.2) is 0 Å². The summed E-state index contributed by atoms with van der Waals surface area (Å²) in [5.41, 5.74) is 3.26. The third-order valence-corrected chi connectivity index (χ3v) is 3.26. The summed E-state index contributed by atoms with van der Waals surface area (Å²) < 4.78 is 0. The van der Waals surface area contributed by atoms with E-state index in [1.807, 2.05) is 0 Å². The Balaban J connectivity index is 2.13. The number of rotatable bonds is 0. The first-order chi connectivity index (χ1) is 7.07. The molecule has 2 aliphatic rings. The smallest absolute Gasteiger partial charge is 0.0493 e. The van der Waals surface area contributed by atoms with Gasteiger partial charge in [0, 0.05) is 18.3 Å². The Hall–Kier alpha value is -0.760. The fourth-order valence-electron chi connectivity index (χ4n) is 2.18. The molecule has 2 aliphatic heterocycles. The summed E-state index contributed by atoms with van der Waals surface area (Å²) in [6, 6.07) is 0.481. The van der Waals surface area contributed by atoms with Crippen molar-refractivity contribution >= 4 is 0 Å². The normalized spacial score (nSPS) is 27.0. The molecule has 0 fully saturated rings. The number of allylic oxidation sites excluding steroid dienone is 1. The molecular formula is C13H22N2. The third kappa shape index (κ3) is 2.43. The van der Waals surface area contributed by atoms with Crippen molar-refractivity contribution in [2.45, 2.75) is 39.7 Å². The summed E-state index contributed by atoms with van der Waals surface area (Å²) in [6.07, 6.45) is 6.96. The van der Waals surface area contributed by atoms with Crippen LogP contribution in [0, 0.1) is 5.41 Å². The predicted molar refractivity (Wildman–Crippen MR) is 64.6 cm³/mol. The zero-order valence-electron chi connectivity index (χ0n) is 10.1. The summed E-state index contributed by atoms with van der Waals surface area (Å²) in [5, 5.41) is 7.13. The molecule has 0 saturated heterocycles. The lowest BCUT2D eigenvalue weighted by Crippen LogP contribution is -2.40. The second kappa shape index (κ2) is 4.01. The van der Waals surface area contributed by atoms with E-state index in [2.05, 4.69) is 43.6 Å². The van der Waals surface area contributed by atoms with Crippen molar-refractivity contribution in [3.8, 4) is 0 Å². The molecule has 2 heterocycles. The molecule has 84 valence electrons. The van der Waals surface area contributed by atoms with Gasteiger partial charge in [-0.3, -0.25) is 0 Å². The van der Waals surface area contributed by atoms with Crippen LogP contribution < -0.4 is 10.6 Å². The Morgan fingerprint density at radius 3 is 2.67 bits per heavy atom. The lowest BCUT2D eigenvalue weighted by molar-refractivity contribution is 0.324. The Kier molecular flexibility index (Phi) is 2.87. The Bertz CT molecular complexity index is 294. The molecule has 0 spiro atoms. The summed E-state index contributed by atoms with van der Waals surface area (Å²) in [5.74, 6) is 0. The zero-order valence-corrected chi connectivity index (χ0v) is 10.1. The van der Waals surface area contributed by atoms with E-state index in [0.717, 1.165) is 25.9 Å². The van der Waals surface area contributed by atoms with Crippen molar-refractivity contribution in [3.63, 3.8) is 0 Å². The van der Waals surface area contributed by atoms with Gasteiger partial charge in [0.1, 0.15) is 0 Å². The van der Waals surface area contributed by atoms with Gasteiger partial charge in [-0.15, -0.1) is 0 Å². The van der Waals surface area contributed by atoms with Crippen LogP contribution in [0.5, 0.6) is 0 Å². The highest BCUT2D eigenvalue weighted by Crippen LogP contribution is 2.27. The molecule has 0 saturated carbocycles. The standard InChI is InChI=1S/C13H22N2/c1-13(2,3)12-5-4-10-6-8-14-9-7-11(10)15-12/h4-5,12,14-15H,6-9H2,1-3H3. The first kappa shape index (κ1) is 10.7. The molecule has 0 aliphatic carbocycles. The molecule has 0 aromatic rings. The minimum Gasteiger partial charge on any atom is -0.381 e. The van der Waals surface area contributed by atoms with Crippen LogP contribution in [0.25, 0.3) is 0 Å². The van der Waals surface area contributed by atoms with E-state index in [1.54, 1.807) is 0 Å². The van der Waals surface area contributed by atoms with E-state index in [4.69, 9.17) is 0 Å². The molecule has 2 heteroatoms. The summed E-state index contributed by atoms with van der Waals surface area (Å²) in [6.45, 7) is 9.09. The molecular weight excluding hydrogens is 184 g/mol. The van der Waals surface area contributed by atoms with Crippen molar-refractivity contribution in [1.29, 1.82) is 0 Å². The second-order valence-corrected chi connectivity index (χ2v) is 5.60. The van der Waals surface area contributed by atoms with Crippen LogP contribution in [0.3, 0.4) is 0 Å². The molecule has 2 N–H and O–H groups in total. The van der Waals surface area contributed by atoms with E-state index >= 15 is 0 Å². The van der Waals surface area contributed by atoms with Gasteiger partial charge in [-0.2, -0.15) is 0 Å². The van der Waals surface area contributed by atoms with Crippen molar-refractivity contribution < 1.29 is 0 Å². The molecule has 0 radical (unpaired) electrons. The van der Waals surface area contributed by atoms with E-state index in [0.29, 0.717) is 11.5 Å². The monoisotopic (exact) mass is 206 g/mol. The molecule has 1 unspecified atom stereocenters. The molecule has 0 amide bonds. The van der Waals surface area contributed by atoms with Gasteiger partial charge in [0.05, 0.1) is 0 Å². The van der Waals surface area contributed by atoms with Crippen LogP contribution in [0.15, 0.2) is 23.4 Å². The average Bonchev–Trinajstić information content (AvgIpc) is 2.39. The Morgan fingerprint density at radius 2 is 1.93 bits per heavy atom. The van der Waals surface area contributed by atoms with Crippen LogP contribution in [-0.2, 0) is 0 Å². The van der Waals surface area contributed by atoms with E-state index < -0.39 is 0 Å². The molecule has 2 rings (SSSR count). The second-order valence-electron chi connectivity index (χ2n) is 5.60. The molecule has 15 heavy (non-hydrogen) atoms. The highest BCUT2D eigenvalue weighted by Gasteiger charge is 2.26. The van der Waals surface area contributed by atoms with Gasteiger partial charge in [0.2, 0.25) is 0 Å². The molecule has 0 aromatic heterocycles. The van der Waals surface area contributed by atoms with Gasteiger partial charge < -0.3 is 10.6 Å². The first-order valence-electron chi connectivity index (χ1n) is 5.95. The largest absolute Gasteiger partial charge is 0.381 e. The van der Waals surface area contributed by atoms with Crippen LogP contribution >= 0.6 is 0 Å². The fraction of sp³-hybridized carbons (Fsp3) is 0.692. The van der Waals surface area contributed by atoms with Gasteiger partial charge >= 0.3 is 0 Å². The maximum absolute atomic E-state index is 3.69. The van der Waals surface area contributed by atoms with E-state index in [1.165, 1.54) is 11.3 Å². The minimum absolute atomic E-state index is 0.300. The van der Waals surface area contributed by atoms with Crippen molar-refractivity contribution in [1.82, 2.24) is 10.6 Å². The highest BCUT2D eigenvalue weighted by molar-refractivity contribution is 5.32. The maximum Gasteiger partial charge on any atom is 0.0493 e. The SMILES string of the molecule is CC(C)(C)C1C=CC2=C(CCNCC2)N1. The highest BCUT2D eigenvalue weighted by atomic mass is 15.0. The van der Waals surface area contributed by atoms with Gasteiger partial charge in [0.15, 0.2) is 0 Å². The fourth-order valence-corrected chi connectivity index (χ4v) is 2.18. The van der Waals surface area contributed by atoms with Gasteiger partial charge in [0.25, 0.3) is 0 Å². The van der Waals surface area contributed by atoms with Crippen LogP contribution in [0.4, 0.5) is 0 Å². The zero-order chi connectivity index (χ0) is 10.9. The van der Waals surface area contributed by atoms with E-state index in [-0.39, 0.29) is 0 Å². The summed E-state index contributed by atoms with van der Waals surface area (Å²) in [4.78, 5) is 0. The quantitative estimate of drug-likeness (QED) is 0.635. The van der Waals surface area contributed by atoms with Crippen molar-refractivity contribution in [2.24, 2.45) is 5.41 Å². The van der Waals surface area contributed by atoms with Crippen LogP contribution in [0.2, 0.25) is 0 Å². The number of hydrogen-bond donors (Lipinski definition) is 2. The topological polar surface area (TPSA) is 24.1 Å². The number of hydrogen-bond acceptors (Lipinski definition) is 2. The Morgan fingerprint density at radius 1 is 1.20 bits per heavy atom. The van der Waals surface area contributed by atoms with Gasteiger partial charge in [-0.05, 0) is 30.4 Å². The molecule has 0 aromatic carbocycles. The number of nitrogens with one attached hydrogen (secondary N) is 2. The van der Waals surface area contributed by atoms with Crippen molar-refractivity contribution in [3.05, 3.63) is 23.4 Å². The lowest BCUT2D eigenvalue weighted by Gasteiger charge is -2.34. The Labute approximate surface area is 92.8 Å². The van der Waals surface area contributed by atoms with Crippen LogP contribution in [-0.4, -0.2) is 19.1 Å². The molecule has 2 nitrogen and oxygen atoms in total. The van der Waals surface area contributed by atoms with Crippen LogP contribution in [0.1, 0.15) is 33.6 Å². The van der Waals surface area contributed by atoms with Gasteiger partial charge in [-0.1, -0.05) is 32.9 Å². The third-order valence-electron chi connectivity index (χ3n) is 3.26. The predicted octanol–water partition coefficient (Wildman–Crippen LogP) is 2.20.